The molecule has 7 nitrogen and oxygen atoms in total. The highest BCUT2D eigenvalue weighted by molar-refractivity contribution is 7.99. The largest absolute Gasteiger partial charge is 0.481 e. The Morgan fingerprint density at radius 2 is 2.12 bits per heavy atom. The average molecular weight is 258 g/mol. The third-order valence-electron chi connectivity index (χ3n) is 2.03. The number of aromatic nitrogens is 3. The second-order valence-corrected chi connectivity index (χ2v) is 4.05. The van der Waals surface area contributed by atoms with Crippen molar-refractivity contribution in [2.45, 2.75) is 19.0 Å². The zero-order valence-corrected chi connectivity index (χ0v) is 10.5. The number of amides is 1. The van der Waals surface area contributed by atoms with Crippen molar-refractivity contribution >= 4 is 23.8 Å². The molecule has 0 spiro atoms. The Balaban J connectivity index is 2.67. The van der Waals surface area contributed by atoms with Gasteiger partial charge in [-0.2, -0.15) is 4.68 Å². The molecule has 1 aromatic rings. The molecule has 1 N–H and O–H groups in total. The Labute approximate surface area is 103 Å². The van der Waals surface area contributed by atoms with Crippen molar-refractivity contribution in [3.05, 3.63) is 6.33 Å². The standard InChI is InChI=1S/C9H14N4O3S/c1-3-12(4-2)9(16)13-6-10-8(11-13)17-5-7(14)15/h6H,3-5H2,1-2H3,(H,14,15). The van der Waals surface area contributed by atoms with Gasteiger partial charge in [0.25, 0.3) is 0 Å². The first kappa shape index (κ1) is 13.5. The van der Waals surface area contributed by atoms with Crippen molar-refractivity contribution in [3.8, 4) is 0 Å². The summed E-state index contributed by atoms with van der Waals surface area (Å²) in [6, 6.07) is -0.260. The molecule has 0 saturated heterocycles. The van der Waals surface area contributed by atoms with Crippen LogP contribution in [0.5, 0.6) is 0 Å². The smallest absolute Gasteiger partial charge is 0.346 e. The lowest BCUT2D eigenvalue weighted by Gasteiger charge is -2.17. The molecule has 8 heteroatoms. The first-order valence-electron chi connectivity index (χ1n) is 5.14. The van der Waals surface area contributed by atoms with Crippen LogP contribution in [0.25, 0.3) is 0 Å². The van der Waals surface area contributed by atoms with Crippen molar-refractivity contribution in [1.29, 1.82) is 0 Å². The molecule has 0 unspecified atom stereocenters. The van der Waals surface area contributed by atoms with Gasteiger partial charge in [-0.25, -0.2) is 9.78 Å². The number of hydrogen-bond donors (Lipinski definition) is 1. The number of carboxylic acids is 1. The molecular formula is C9H14N4O3S. The summed E-state index contributed by atoms with van der Waals surface area (Å²) in [5.41, 5.74) is 0. The summed E-state index contributed by atoms with van der Waals surface area (Å²) >= 11 is 0.980. The van der Waals surface area contributed by atoms with Crippen molar-refractivity contribution in [1.82, 2.24) is 19.7 Å². The van der Waals surface area contributed by atoms with Gasteiger partial charge in [-0.15, -0.1) is 5.10 Å². The fourth-order valence-electron chi connectivity index (χ4n) is 1.17. The van der Waals surface area contributed by atoms with Gasteiger partial charge in [-0.3, -0.25) is 4.79 Å². The maximum Gasteiger partial charge on any atom is 0.346 e. The van der Waals surface area contributed by atoms with E-state index in [9.17, 15) is 9.59 Å². The van der Waals surface area contributed by atoms with Crippen LogP contribution in [0.15, 0.2) is 11.5 Å². The zero-order chi connectivity index (χ0) is 12.8. The lowest BCUT2D eigenvalue weighted by molar-refractivity contribution is -0.133. The molecule has 1 rings (SSSR count). The van der Waals surface area contributed by atoms with Crippen LogP contribution in [0.3, 0.4) is 0 Å². The summed E-state index contributed by atoms with van der Waals surface area (Å²) in [6.45, 7) is 4.93. The van der Waals surface area contributed by atoms with Gasteiger partial charge >= 0.3 is 12.0 Å². The second-order valence-electron chi connectivity index (χ2n) is 3.11. The van der Waals surface area contributed by atoms with E-state index in [1.165, 1.54) is 6.33 Å². The van der Waals surface area contributed by atoms with Crippen LogP contribution in [-0.4, -0.2) is 55.6 Å². The minimum Gasteiger partial charge on any atom is -0.481 e. The van der Waals surface area contributed by atoms with E-state index >= 15 is 0 Å². The minimum absolute atomic E-state index is 0.122. The lowest BCUT2D eigenvalue weighted by Crippen LogP contribution is -2.34. The van der Waals surface area contributed by atoms with E-state index in [0.717, 1.165) is 16.4 Å². The number of nitrogens with zero attached hydrogens (tertiary/aromatic N) is 4. The van der Waals surface area contributed by atoms with Crippen LogP contribution in [0.4, 0.5) is 4.79 Å². The second kappa shape index (κ2) is 6.24. The topological polar surface area (TPSA) is 88.3 Å². The van der Waals surface area contributed by atoms with E-state index in [1.54, 1.807) is 4.90 Å². The summed E-state index contributed by atoms with van der Waals surface area (Å²) in [4.78, 5) is 27.6. The van der Waals surface area contributed by atoms with Crippen LogP contribution < -0.4 is 0 Å². The molecule has 0 aliphatic carbocycles. The van der Waals surface area contributed by atoms with Crippen LogP contribution in [0, 0.1) is 0 Å². The molecule has 17 heavy (non-hydrogen) atoms. The van der Waals surface area contributed by atoms with Crippen molar-refractivity contribution < 1.29 is 14.7 Å². The molecule has 0 saturated carbocycles. The third-order valence-corrected chi connectivity index (χ3v) is 2.86. The van der Waals surface area contributed by atoms with Gasteiger partial charge in [0, 0.05) is 13.1 Å². The van der Waals surface area contributed by atoms with E-state index in [4.69, 9.17) is 5.11 Å². The van der Waals surface area contributed by atoms with Gasteiger partial charge in [0.1, 0.15) is 6.33 Å². The predicted octanol–water partition coefficient (Wildman–Crippen LogP) is 0.765. The maximum absolute atomic E-state index is 11.8. The SMILES string of the molecule is CCN(CC)C(=O)n1cnc(SCC(=O)O)n1. The van der Waals surface area contributed by atoms with Gasteiger partial charge in [0.15, 0.2) is 0 Å². The first-order valence-corrected chi connectivity index (χ1v) is 6.12. The van der Waals surface area contributed by atoms with Crippen molar-refractivity contribution in [3.63, 3.8) is 0 Å². The van der Waals surface area contributed by atoms with E-state index in [2.05, 4.69) is 10.1 Å². The summed E-state index contributed by atoms with van der Waals surface area (Å²) in [7, 11) is 0. The Morgan fingerprint density at radius 1 is 1.47 bits per heavy atom. The third kappa shape index (κ3) is 3.74. The van der Waals surface area contributed by atoms with Gasteiger partial charge in [-0.05, 0) is 13.8 Å². The monoisotopic (exact) mass is 258 g/mol. The molecule has 1 heterocycles. The van der Waals surface area contributed by atoms with Gasteiger partial charge in [-0.1, -0.05) is 11.8 Å². The Morgan fingerprint density at radius 3 is 2.65 bits per heavy atom. The number of carbonyl (C=O) groups is 2. The summed E-state index contributed by atoms with van der Waals surface area (Å²) in [5.74, 6) is -1.06. The minimum atomic E-state index is -0.943. The molecule has 0 aliphatic rings. The molecule has 0 aliphatic heterocycles. The Hall–Kier alpha value is -1.57. The molecule has 0 bridgehead atoms. The van der Waals surface area contributed by atoms with Crippen LogP contribution in [0.2, 0.25) is 0 Å². The molecular weight excluding hydrogens is 244 g/mol. The summed E-state index contributed by atoms with van der Waals surface area (Å²) < 4.78 is 1.12. The Kier molecular flexibility index (Phi) is 4.95. The molecule has 94 valence electrons. The molecule has 0 radical (unpaired) electrons. The van der Waals surface area contributed by atoms with Gasteiger partial charge in [0.2, 0.25) is 5.16 Å². The van der Waals surface area contributed by atoms with Crippen molar-refractivity contribution in [2.75, 3.05) is 18.8 Å². The maximum atomic E-state index is 11.8. The molecule has 1 amide bonds. The van der Waals surface area contributed by atoms with E-state index in [1.807, 2.05) is 13.8 Å². The van der Waals surface area contributed by atoms with E-state index in [-0.39, 0.29) is 16.9 Å². The highest BCUT2D eigenvalue weighted by Crippen LogP contribution is 2.11. The fraction of sp³-hybridized carbons (Fsp3) is 0.556. The number of hydrogen-bond acceptors (Lipinski definition) is 5. The number of thioether (sulfide) groups is 1. The lowest BCUT2D eigenvalue weighted by atomic mass is 10.5. The number of carboxylic acid groups (broad SMARTS) is 1. The highest BCUT2D eigenvalue weighted by atomic mass is 32.2. The molecule has 0 atom stereocenters. The molecule has 0 fully saturated rings. The summed E-state index contributed by atoms with van der Waals surface area (Å²) in [6.07, 6.45) is 1.30. The zero-order valence-electron chi connectivity index (χ0n) is 9.66. The number of carbonyl (C=O) groups excluding carboxylic acids is 1. The number of rotatable bonds is 5. The summed E-state index contributed by atoms with van der Waals surface area (Å²) in [5, 5.41) is 12.7. The normalized spacial score (nSPS) is 10.2. The van der Waals surface area contributed by atoms with Crippen LogP contribution >= 0.6 is 11.8 Å². The van der Waals surface area contributed by atoms with E-state index < -0.39 is 5.97 Å². The van der Waals surface area contributed by atoms with Crippen LogP contribution in [-0.2, 0) is 4.79 Å². The molecule has 0 aromatic carbocycles. The fourth-order valence-corrected chi connectivity index (χ4v) is 1.69. The quantitative estimate of drug-likeness (QED) is 0.784. The predicted molar refractivity (Wildman–Crippen MR) is 62.1 cm³/mol. The van der Waals surface area contributed by atoms with Crippen molar-refractivity contribution in [2.24, 2.45) is 0 Å². The first-order chi connectivity index (χ1) is 8.08. The highest BCUT2D eigenvalue weighted by Gasteiger charge is 2.14. The van der Waals surface area contributed by atoms with Gasteiger partial charge in [0.05, 0.1) is 5.75 Å². The average Bonchev–Trinajstić information content (AvgIpc) is 2.76. The Bertz CT molecular complexity index is 403. The van der Waals surface area contributed by atoms with E-state index in [0.29, 0.717) is 13.1 Å². The van der Waals surface area contributed by atoms with Crippen LogP contribution in [0.1, 0.15) is 13.8 Å². The number of aliphatic carboxylic acids is 1. The van der Waals surface area contributed by atoms with Gasteiger partial charge < -0.3 is 10.0 Å². The molecule has 1 aromatic heterocycles.